The van der Waals surface area contributed by atoms with Crippen molar-refractivity contribution in [1.29, 1.82) is 0 Å². The van der Waals surface area contributed by atoms with Gasteiger partial charge in [0.25, 0.3) is 0 Å². The molecule has 0 aromatic carbocycles. The third-order valence-electron chi connectivity index (χ3n) is 4.78. The molecule has 1 aliphatic rings. The fourth-order valence-corrected chi connectivity index (χ4v) is 3.02. The second kappa shape index (κ2) is 13.1. The van der Waals surface area contributed by atoms with Gasteiger partial charge in [-0.15, -0.1) is 0 Å². The molecule has 1 saturated heterocycles. The zero-order chi connectivity index (χ0) is 20.5. The van der Waals surface area contributed by atoms with E-state index in [1.807, 2.05) is 35.9 Å². The smallest absolute Gasteiger partial charge is 0.417 e. The summed E-state index contributed by atoms with van der Waals surface area (Å²) in [6.45, 7) is 10.0. The first-order valence-corrected chi connectivity index (χ1v) is 10.1. The van der Waals surface area contributed by atoms with Gasteiger partial charge in [-0.3, -0.25) is 4.79 Å². The standard InChI is InChI=1S/C21H33N2O5.HI/c1-5-22-10-7-6-8-19(22)13-23(17(4)24)21(25)28-15-18-12-20(27-14-18)26-11-9-16(2)3;/h6-8,10,16,18,20H,5,9,11-15H2,1-4H3;1H/q+1;/p-1. The summed E-state index contributed by atoms with van der Waals surface area (Å²) >= 11 is 0. The van der Waals surface area contributed by atoms with E-state index in [0.29, 0.717) is 25.6 Å². The quantitative estimate of drug-likeness (QED) is 0.337. The maximum atomic E-state index is 12.5. The second-order valence-electron chi connectivity index (χ2n) is 7.58. The molecular formula is C21H33IN2O5. The molecule has 0 radical (unpaired) electrons. The van der Waals surface area contributed by atoms with E-state index in [4.69, 9.17) is 14.2 Å². The number of hydrogen-bond donors (Lipinski definition) is 0. The van der Waals surface area contributed by atoms with Crippen molar-refractivity contribution in [3.63, 3.8) is 0 Å². The lowest BCUT2D eigenvalue weighted by atomic mass is 10.1. The van der Waals surface area contributed by atoms with Crippen LogP contribution in [0.15, 0.2) is 24.4 Å². The Morgan fingerprint density at radius 3 is 2.76 bits per heavy atom. The van der Waals surface area contributed by atoms with Crippen LogP contribution in [0.25, 0.3) is 0 Å². The van der Waals surface area contributed by atoms with Gasteiger partial charge in [0.2, 0.25) is 11.6 Å². The van der Waals surface area contributed by atoms with Gasteiger partial charge in [-0.2, -0.15) is 0 Å². The Morgan fingerprint density at radius 1 is 1.34 bits per heavy atom. The van der Waals surface area contributed by atoms with Gasteiger partial charge in [-0.1, -0.05) is 19.9 Å². The summed E-state index contributed by atoms with van der Waals surface area (Å²) in [5, 5.41) is 0. The van der Waals surface area contributed by atoms with E-state index in [2.05, 4.69) is 13.8 Å². The molecular weight excluding hydrogens is 487 g/mol. The van der Waals surface area contributed by atoms with Gasteiger partial charge >= 0.3 is 6.09 Å². The summed E-state index contributed by atoms with van der Waals surface area (Å²) in [7, 11) is 0. The maximum absolute atomic E-state index is 12.5. The Morgan fingerprint density at radius 2 is 2.10 bits per heavy atom. The predicted molar refractivity (Wildman–Crippen MR) is 103 cm³/mol. The van der Waals surface area contributed by atoms with Crippen LogP contribution in [-0.4, -0.2) is 43.0 Å². The first kappa shape index (κ1) is 25.8. The molecule has 0 aliphatic carbocycles. The molecule has 1 aromatic heterocycles. The summed E-state index contributed by atoms with van der Waals surface area (Å²) in [6.07, 6.45) is 2.75. The Balaban J connectivity index is 0.00000420. The number of halogens is 1. The van der Waals surface area contributed by atoms with E-state index in [0.717, 1.165) is 23.6 Å². The predicted octanol–water partition coefficient (Wildman–Crippen LogP) is -0.0916. The SMILES string of the molecule is CC[n+]1ccccc1CN(C(C)=O)C(=O)OCC1COC(OCCC(C)C)C1.[I-]. The fraction of sp³-hybridized carbons (Fsp3) is 0.667. The van der Waals surface area contributed by atoms with Crippen molar-refractivity contribution in [3.8, 4) is 0 Å². The molecule has 2 amide bonds. The Hall–Kier alpha value is -1.26. The second-order valence-corrected chi connectivity index (χ2v) is 7.58. The first-order chi connectivity index (χ1) is 13.4. The molecule has 2 unspecified atom stereocenters. The van der Waals surface area contributed by atoms with Crippen LogP contribution in [0, 0.1) is 11.8 Å². The summed E-state index contributed by atoms with van der Waals surface area (Å²) in [6, 6.07) is 5.71. The van der Waals surface area contributed by atoms with Crippen LogP contribution in [-0.2, 0) is 32.1 Å². The summed E-state index contributed by atoms with van der Waals surface area (Å²) in [4.78, 5) is 25.6. The summed E-state index contributed by atoms with van der Waals surface area (Å²) < 4.78 is 18.7. The van der Waals surface area contributed by atoms with Gasteiger partial charge in [0, 0.05) is 38.0 Å². The Bertz CT molecular complexity index is 656. The lowest BCUT2D eigenvalue weighted by molar-refractivity contribution is -0.701. The van der Waals surface area contributed by atoms with Gasteiger partial charge < -0.3 is 38.2 Å². The fourth-order valence-electron chi connectivity index (χ4n) is 3.02. The Labute approximate surface area is 190 Å². The Kier molecular flexibility index (Phi) is 11.7. The number of amides is 2. The number of ether oxygens (including phenoxy) is 3. The van der Waals surface area contributed by atoms with Crippen molar-refractivity contribution >= 4 is 12.0 Å². The van der Waals surface area contributed by atoms with Crippen molar-refractivity contribution < 1.29 is 52.3 Å². The van der Waals surface area contributed by atoms with E-state index >= 15 is 0 Å². The van der Waals surface area contributed by atoms with Crippen LogP contribution in [0.3, 0.4) is 0 Å². The lowest BCUT2D eigenvalue weighted by Gasteiger charge is -2.19. The highest BCUT2D eigenvalue weighted by Gasteiger charge is 2.29. The van der Waals surface area contributed by atoms with Crippen molar-refractivity contribution in [2.45, 2.75) is 59.9 Å². The number of nitrogens with zero attached hydrogens (tertiary/aromatic N) is 2. The number of carbonyl (C=O) groups excluding carboxylic acids is 2. The van der Waals surface area contributed by atoms with Crippen LogP contribution >= 0.6 is 0 Å². The molecule has 2 atom stereocenters. The third-order valence-corrected chi connectivity index (χ3v) is 4.78. The van der Waals surface area contributed by atoms with E-state index in [9.17, 15) is 9.59 Å². The topological polar surface area (TPSA) is 69.0 Å². The average molecular weight is 520 g/mol. The van der Waals surface area contributed by atoms with Crippen molar-refractivity contribution in [3.05, 3.63) is 30.1 Å². The molecule has 2 rings (SSSR count). The molecule has 2 heterocycles. The highest BCUT2D eigenvalue weighted by atomic mass is 127. The van der Waals surface area contributed by atoms with Crippen LogP contribution in [0.2, 0.25) is 0 Å². The number of imide groups is 1. The summed E-state index contributed by atoms with van der Waals surface area (Å²) in [5.41, 5.74) is 0.875. The number of aromatic nitrogens is 1. The maximum Gasteiger partial charge on any atom is 0.417 e. The van der Waals surface area contributed by atoms with Gasteiger partial charge in [-0.05, 0) is 19.3 Å². The van der Waals surface area contributed by atoms with E-state index in [-0.39, 0.29) is 55.2 Å². The van der Waals surface area contributed by atoms with E-state index in [1.54, 1.807) is 0 Å². The minimum absolute atomic E-state index is 0. The molecule has 8 heteroatoms. The minimum atomic E-state index is -0.622. The molecule has 164 valence electrons. The number of aryl methyl sites for hydroxylation is 1. The van der Waals surface area contributed by atoms with Crippen molar-refractivity contribution in [2.75, 3.05) is 19.8 Å². The minimum Gasteiger partial charge on any atom is -1.00 e. The van der Waals surface area contributed by atoms with Crippen molar-refractivity contribution in [2.24, 2.45) is 11.8 Å². The highest BCUT2D eigenvalue weighted by Crippen LogP contribution is 2.21. The number of carbonyl (C=O) groups is 2. The molecule has 0 N–H and O–H groups in total. The van der Waals surface area contributed by atoms with Crippen LogP contribution in [0.5, 0.6) is 0 Å². The van der Waals surface area contributed by atoms with Gasteiger partial charge in [0.15, 0.2) is 12.5 Å². The average Bonchev–Trinajstić information content (AvgIpc) is 3.11. The third kappa shape index (κ3) is 8.55. The number of hydrogen-bond acceptors (Lipinski definition) is 5. The molecule has 1 aromatic rings. The highest BCUT2D eigenvalue weighted by molar-refractivity contribution is 5.90. The molecule has 29 heavy (non-hydrogen) atoms. The van der Waals surface area contributed by atoms with Gasteiger partial charge in [-0.25, -0.2) is 14.3 Å². The van der Waals surface area contributed by atoms with Crippen LogP contribution in [0.1, 0.15) is 46.2 Å². The van der Waals surface area contributed by atoms with Gasteiger partial charge in [0.05, 0.1) is 13.2 Å². The normalized spacial score (nSPS) is 18.4. The zero-order valence-corrected chi connectivity index (χ0v) is 20.0. The molecule has 1 fully saturated rings. The van der Waals surface area contributed by atoms with Crippen LogP contribution in [0.4, 0.5) is 4.79 Å². The van der Waals surface area contributed by atoms with Crippen molar-refractivity contribution in [1.82, 2.24) is 4.90 Å². The number of rotatable bonds is 9. The van der Waals surface area contributed by atoms with Crippen LogP contribution < -0.4 is 28.5 Å². The van der Waals surface area contributed by atoms with E-state index < -0.39 is 6.09 Å². The lowest BCUT2D eigenvalue weighted by Crippen LogP contribution is -3.00. The molecule has 0 saturated carbocycles. The molecule has 0 spiro atoms. The summed E-state index contributed by atoms with van der Waals surface area (Å²) in [5.74, 6) is 0.333. The largest absolute Gasteiger partial charge is 1.00 e. The molecule has 0 bridgehead atoms. The monoisotopic (exact) mass is 520 g/mol. The molecule has 1 aliphatic heterocycles. The van der Waals surface area contributed by atoms with Gasteiger partial charge in [0.1, 0.15) is 13.1 Å². The molecule has 7 nitrogen and oxygen atoms in total. The zero-order valence-electron chi connectivity index (χ0n) is 17.8. The number of pyridine rings is 1. The first-order valence-electron chi connectivity index (χ1n) is 10.1. The van der Waals surface area contributed by atoms with E-state index in [1.165, 1.54) is 6.92 Å².